The Morgan fingerprint density at radius 2 is 2.05 bits per heavy atom. The highest BCUT2D eigenvalue weighted by molar-refractivity contribution is 5.75. The van der Waals surface area contributed by atoms with Gasteiger partial charge in [-0.3, -0.25) is 4.79 Å². The molecule has 22 heavy (non-hydrogen) atoms. The Balaban J connectivity index is 2.01. The van der Waals surface area contributed by atoms with E-state index in [1.165, 1.54) is 23.8 Å². The molecule has 0 bridgehead atoms. The van der Waals surface area contributed by atoms with E-state index in [1.807, 2.05) is 0 Å². The molecule has 0 heterocycles. The molecule has 1 aliphatic carbocycles. The fraction of sp³-hybridized carbons (Fsp3) is 0.632. The van der Waals surface area contributed by atoms with E-state index in [4.69, 9.17) is 9.47 Å². The zero-order valence-corrected chi connectivity index (χ0v) is 14.4. The number of hydrogen-bond acceptors (Lipinski definition) is 3. The average molecular weight is 304 g/mol. The quantitative estimate of drug-likeness (QED) is 0.712. The second-order valence-corrected chi connectivity index (χ2v) is 6.94. The van der Waals surface area contributed by atoms with E-state index >= 15 is 0 Å². The number of carbonyl (C=O) groups excluding carboxylic acids is 1. The van der Waals surface area contributed by atoms with Gasteiger partial charge in [-0.05, 0) is 56.1 Å². The van der Waals surface area contributed by atoms with Crippen LogP contribution in [0.3, 0.4) is 0 Å². The van der Waals surface area contributed by atoms with E-state index in [2.05, 4.69) is 39.8 Å². The highest BCUT2D eigenvalue weighted by Gasteiger charge is 2.43. The first-order valence-electron chi connectivity index (χ1n) is 8.23. The number of carbonyl (C=O) groups is 1. The average Bonchev–Trinajstić information content (AvgIpc) is 3.22. The molecule has 3 heteroatoms. The second kappa shape index (κ2) is 7.17. The molecule has 1 aromatic carbocycles. The minimum Gasteiger partial charge on any atom is -0.493 e. The molecule has 2 unspecified atom stereocenters. The third kappa shape index (κ3) is 4.25. The highest BCUT2D eigenvalue weighted by Crippen LogP contribution is 2.43. The van der Waals surface area contributed by atoms with Gasteiger partial charge in [0, 0.05) is 0 Å². The van der Waals surface area contributed by atoms with Crippen LogP contribution in [-0.2, 0) is 16.0 Å². The Labute approximate surface area is 134 Å². The molecule has 122 valence electrons. The summed E-state index contributed by atoms with van der Waals surface area (Å²) in [6, 6.07) is 4.39. The Hall–Kier alpha value is -1.51. The molecule has 0 aliphatic heterocycles. The Morgan fingerprint density at radius 1 is 1.32 bits per heavy atom. The fourth-order valence-corrected chi connectivity index (χ4v) is 3.03. The number of aryl methyl sites for hydroxylation is 3. The summed E-state index contributed by atoms with van der Waals surface area (Å²) >= 11 is 0. The lowest BCUT2D eigenvalue weighted by Crippen LogP contribution is -2.08. The Bertz CT molecular complexity index is 534. The van der Waals surface area contributed by atoms with Crippen molar-refractivity contribution in [1.82, 2.24) is 0 Å². The third-order valence-electron chi connectivity index (χ3n) is 4.27. The van der Waals surface area contributed by atoms with Gasteiger partial charge in [0.2, 0.25) is 0 Å². The molecule has 0 amide bonds. The lowest BCUT2D eigenvalue weighted by atomic mass is 10.00. The van der Waals surface area contributed by atoms with Crippen LogP contribution < -0.4 is 4.74 Å². The van der Waals surface area contributed by atoms with Gasteiger partial charge in [0.15, 0.2) is 0 Å². The number of rotatable bonds is 7. The van der Waals surface area contributed by atoms with Crippen LogP contribution in [0.4, 0.5) is 0 Å². The first kappa shape index (κ1) is 16.9. The molecule has 2 rings (SSSR count). The van der Waals surface area contributed by atoms with Gasteiger partial charge in [-0.15, -0.1) is 0 Å². The predicted molar refractivity (Wildman–Crippen MR) is 88.2 cm³/mol. The largest absolute Gasteiger partial charge is 0.493 e. The maximum absolute atomic E-state index is 11.5. The van der Waals surface area contributed by atoms with E-state index in [0.717, 1.165) is 31.6 Å². The van der Waals surface area contributed by atoms with Gasteiger partial charge in [-0.25, -0.2) is 0 Å². The van der Waals surface area contributed by atoms with Gasteiger partial charge in [0.1, 0.15) is 5.75 Å². The van der Waals surface area contributed by atoms with Crippen molar-refractivity contribution in [3.63, 3.8) is 0 Å². The summed E-state index contributed by atoms with van der Waals surface area (Å²) < 4.78 is 10.9. The number of benzene rings is 1. The number of esters is 1. The molecule has 0 saturated heterocycles. The maximum atomic E-state index is 11.5. The van der Waals surface area contributed by atoms with Crippen molar-refractivity contribution < 1.29 is 14.3 Å². The van der Waals surface area contributed by atoms with Gasteiger partial charge in [-0.2, -0.15) is 0 Å². The van der Waals surface area contributed by atoms with Crippen molar-refractivity contribution in [3.8, 4) is 5.75 Å². The molecule has 0 N–H and O–H groups in total. The number of hydrogen-bond donors (Lipinski definition) is 0. The lowest BCUT2D eigenvalue weighted by Gasteiger charge is -2.17. The highest BCUT2D eigenvalue weighted by atomic mass is 16.5. The number of methoxy groups -OCH3 is 1. The normalized spacial score (nSPS) is 20.1. The van der Waals surface area contributed by atoms with Crippen LogP contribution >= 0.6 is 0 Å². The van der Waals surface area contributed by atoms with E-state index in [0.29, 0.717) is 11.8 Å². The zero-order valence-electron chi connectivity index (χ0n) is 14.4. The topological polar surface area (TPSA) is 35.5 Å². The Morgan fingerprint density at radius 3 is 2.68 bits per heavy atom. The summed E-state index contributed by atoms with van der Waals surface area (Å²) in [6.45, 7) is 9.30. The van der Waals surface area contributed by atoms with Crippen LogP contribution in [0, 0.1) is 31.6 Å². The monoisotopic (exact) mass is 304 g/mol. The molecule has 2 atom stereocenters. The summed E-state index contributed by atoms with van der Waals surface area (Å²) in [5.41, 5.74) is 3.74. The van der Waals surface area contributed by atoms with Crippen LogP contribution in [0.2, 0.25) is 0 Å². The summed E-state index contributed by atoms with van der Waals surface area (Å²) in [7, 11) is 1.47. The molecular formula is C19H28O3. The molecule has 0 aromatic heterocycles. The Kier molecular flexibility index (Phi) is 5.49. The summed E-state index contributed by atoms with van der Waals surface area (Å²) in [6.07, 6.45) is 2.97. The third-order valence-corrected chi connectivity index (χ3v) is 4.27. The van der Waals surface area contributed by atoms with Crippen LogP contribution in [-0.4, -0.2) is 19.7 Å². The smallest absolute Gasteiger partial charge is 0.308 e. The van der Waals surface area contributed by atoms with Crippen LogP contribution in [0.15, 0.2) is 12.1 Å². The van der Waals surface area contributed by atoms with Gasteiger partial charge < -0.3 is 9.47 Å². The van der Waals surface area contributed by atoms with Gasteiger partial charge in [-0.1, -0.05) is 31.5 Å². The van der Waals surface area contributed by atoms with Crippen molar-refractivity contribution in [2.75, 3.05) is 13.7 Å². The zero-order chi connectivity index (χ0) is 16.3. The summed E-state index contributed by atoms with van der Waals surface area (Å²) in [4.78, 5) is 11.5. The lowest BCUT2D eigenvalue weighted by molar-refractivity contribution is -0.142. The van der Waals surface area contributed by atoms with Crippen molar-refractivity contribution in [2.45, 2.75) is 47.0 Å². The van der Waals surface area contributed by atoms with Gasteiger partial charge in [0.25, 0.3) is 0 Å². The van der Waals surface area contributed by atoms with Gasteiger partial charge in [0.05, 0.1) is 19.6 Å². The van der Waals surface area contributed by atoms with Crippen molar-refractivity contribution >= 4 is 5.97 Å². The standard InChI is InChI=1S/C19H28O3/c1-12(2)11-22-18-14(4)8-13(3)9-16(18)7-6-15-10-17(15)19(20)21-5/h8-9,12,15,17H,6-7,10-11H2,1-5H3. The minimum atomic E-state index is -0.0540. The summed E-state index contributed by atoms with van der Waals surface area (Å²) in [5.74, 6) is 2.10. The van der Waals surface area contributed by atoms with E-state index < -0.39 is 0 Å². The molecule has 1 fully saturated rings. The molecule has 3 nitrogen and oxygen atoms in total. The number of ether oxygens (including phenoxy) is 2. The second-order valence-electron chi connectivity index (χ2n) is 6.94. The molecule has 1 saturated carbocycles. The maximum Gasteiger partial charge on any atom is 0.308 e. The van der Waals surface area contributed by atoms with E-state index in [-0.39, 0.29) is 11.9 Å². The van der Waals surface area contributed by atoms with Crippen molar-refractivity contribution in [3.05, 3.63) is 28.8 Å². The SMILES string of the molecule is COC(=O)C1CC1CCc1cc(C)cc(C)c1OCC(C)C. The first-order chi connectivity index (χ1) is 10.4. The van der Waals surface area contributed by atoms with Crippen LogP contribution in [0.5, 0.6) is 5.75 Å². The predicted octanol–water partition coefficient (Wildman–Crippen LogP) is 4.08. The first-order valence-corrected chi connectivity index (χ1v) is 8.23. The molecule has 0 radical (unpaired) electrons. The van der Waals surface area contributed by atoms with E-state index in [1.54, 1.807) is 0 Å². The fourth-order valence-electron chi connectivity index (χ4n) is 3.03. The molecular weight excluding hydrogens is 276 g/mol. The van der Waals surface area contributed by atoms with Crippen molar-refractivity contribution in [2.24, 2.45) is 17.8 Å². The van der Waals surface area contributed by atoms with Crippen LogP contribution in [0.1, 0.15) is 43.4 Å². The summed E-state index contributed by atoms with van der Waals surface area (Å²) in [5, 5.41) is 0. The van der Waals surface area contributed by atoms with E-state index in [9.17, 15) is 4.79 Å². The minimum absolute atomic E-state index is 0.0540. The van der Waals surface area contributed by atoms with Crippen molar-refractivity contribution in [1.29, 1.82) is 0 Å². The molecule has 1 aliphatic rings. The van der Waals surface area contributed by atoms with Gasteiger partial charge >= 0.3 is 5.97 Å². The molecule has 0 spiro atoms. The van der Waals surface area contributed by atoms with Crippen LogP contribution in [0.25, 0.3) is 0 Å². The molecule has 1 aromatic rings.